The highest BCUT2D eigenvalue weighted by Crippen LogP contribution is 2.15. The molecule has 1 amide bonds. The molecule has 21 heavy (non-hydrogen) atoms. The van der Waals surface area contributed by atoms with Gasteiger partial charge in [0.25, 0.3) is 0 Å². The summed E-state index contributed by atoms with van der Waals surface area (Å²) in [6.45, 7) is 2.22. The van der Waals surface area contributed by atoms with Crippen LogP contribution in [-0.2, 0) is 16.0 Å². The third-order valence-electron chi connectivity index (χ3n) is 3.74. The molecule has 0 aromatic heterocycles. The van der Waals surface area contributed by atoms with E-state index in [1.54, 1.807) is 30.1 Å². The lowest BCUT2D eigenvalue weighted by Gasteiger charge is -2.27. The van der Waals surface area contributed by atoms with Gasteiger partial charge in [-0.15, -0.1) is 0 Å². The highest BCUT2D eigenvalue weighted by atomic mass is 16.5. The molecule has 1 fully saturated rings. The number of hydrogen-bond donors (Lipinski definition) is 1. The van der Waals surface area contributed by atoms with E-state index in [0.29, 0.717) is 19.1 Å². The lowest BCUT2D eigenvalue weighted by Crippen LogP contribution is -2.35. The minimum atomic E-state index is -0.975. The fraction of sp³-hybridized carbons (Fsp3) is 0.500. The van der Waals surface area contributed by atoms with Gasteiger partial charge < -0.3 is 14.7 Å². The van der Waals surface area contributed by atoms with Crippen LogP contribution in [0.15, 0.2) is 24.3 Å². The van der Waals surface area contributed by atoms with E-state index in [0.717, 1.165) is 25.0 Å². The van der Waals surface area contributed by atoms with Gasteiger partial charge in [-0.2, -0.15) is 0 Å². The Morgan fingerprint density at radius 2 is 2.24 bits per heavy atom. The molecule has 0 bridgehead atoms. The van der Waals surface area contributed by atoms with Crippen molar-refractivity contribution < 1.29 is 19.4 Å². The van der Waals surface area contributed by atoms with E-state index in [2.05, 4.69) is 0 Å². The Morgan fingerprint density at radius 1 is 1.43 bits per heavy atom. The molecule has 1 heterocycles. The van der Waals surface area contributed by atoms with Crippen LogP contribution in [0.4, 0.5) is 0 Å². The molecule has 5 nitrogen and oxygen atoms in total. The van der Waals surface area contributed by atoms with Gasteiger partial charge in [0, 0.05) is 20.2 Å². The summed E-state index contributed by atoms with van der Waals surface area (Å²) in [6.07, 6.45) is 2.37. The Bertz CT molecular complexity index is 509. The summed E-state index contributed by atoms with van der Waals surface area (Å²) < 4.78 is 5.42. The molecule has 2 rings (SSSR count). The number of carboxylic acids is 1. The van der Waals surface area contributed by atoms with Crippen molar-refractivity contribution in [2.24, 2.45) is 5.92 Å². The summed E-state index contributed by atoms with van der Waals surface area (Å²) in [7, 11) is 1.79. The van der Waals surface area contributed by atoms with Gasteiger partial charge in [0.2, 0.25) is 5.91 Å². The van der Waals surface area contributed by atoms with Crippen molar-refractivity contribution in [1.29, 1.82) is 0 Å². The second-order valence-electron chi connectivity index (χ2n) is 5.54. The van der Waals surface area contributed by atoms with Crippen LogP contribution in [0.3, 0.4) is 0 Å². The molecule has 1 aliphatic rings. The van der Waals surface area contributed by atoms with Crippen molar-refractivity contribution in [3.8, 4) is 0 Å². The lowest BCUT2D eigenvalue weighted by molar-refractivity contribution is -0.130. The summed E-state index contributed by atoms with van der Waals surface area (Å²) in [6, 6.07) is 6.53. The smallest absolute Gasteiger partial charge is 0.335 e. The molecule has 1 N–H and O–H groups in total. The molecule has 1 atom stereocenters. The molecule has 1 saturated heterocycles. The molecule has 1 aromatic rings. The van der Waals surface area contributed by atoms with Gasteiger partial charge >= 0.3 is 5.97 Å². The number of amides is 1. The fourth-order valence-corrected chi connectivity index (χ4v) is 2.56. The zero-order valence-electron chi connectivity index (χ0n) is 12.2. The highest BCUT2D eigenvalue weighted by molar-refractivity contribution is 5.88. The van der Waals surface area contributed by atoms with Crippen LogP contribution in [0.2, 0.25) is 0 Å². The fourth-order valence-electron chi connectivity index (χ4n) is 2.56. The van der Waals surface area contributed by atoms with Gasteiger partial charge in [0.05, 0.1) is 18.6 Å². The molecule has 0 spiro atoms. The van der Waals surface area contributed by atoms with Crippen LogP contribution in [0.5, 0.6) is 0 Å². The first-order valence-corrected chi connectivity index (χ1v) is 7.20. The number of carboxylic acid groups (broad SMARTS) is 1. The molecule has 0 aliphatic carbocycles. The normalized spacial score (nSPS) is 18.2. The molecule has 1 unspecified atom stereocenters. The summed E-state index contributed by atoms with van der Waals surface area (Å²) in [5.41, 5.74) is 0.940. The molecule has 0 saturated carbocycles. The van der Waals surface area contributed by atoms with Crippen LogP contribution in [0.1, 0.15) is 28.8 Å². The maximum atomic E-state index is 12.2. The van der Waals surface area contributed by atoms with Gasteiger partial charge in [-0.3, -0.25) is 4.79 Å². The van der Waals surface area contributed by atoms with E-state index in [4.69, 9.17) is 9.84 Å². The Morgan fingerprint density at radius 3 is 2.90 bits per heavy atom. The van der Waals surface area contributed by atoms with Crippen LogP contribution in [0.25, 0.3) is 0 Å². The van der Waals surface area contributed by atoms with Crippen LogP contribution < -0.4 is 0 Å². The number of ether oxygens (including phenoxy) is 1. The van der Waals surface area contributed by atoms with Gasteiger partial charge in [0.15, 0.2) is 0 Å². The van der Waals surface area contributed by atoms with Gasteiger partial charge in [-0.05, 0) is 36.5 Å². The van der Waals surface area contributed by atoms with Crippen LogP contribution in [-0.4, -0.2) is 48.7 Å². The lowest BCUT2D eigenvalue weighted by atomic mass is 10.0. The van der Waals surface area contributed by atoms with Crippen LogP contribution in [0, 0.1) is 5.92 Å². The van der Waals surface area contributed by atoms with E-state index in [-0.39, 0.29) is 17.9 Å². The van der Waals surface area contributed by atoms with Gasteiger partial charge in [-0.1, -0.05) is 12.1 Å². The number of rotatable bonds is 5. The van der Waals surface area contributed by atoms with Crippen molar-refractivity contribution in [3.63, 3.8) is 0 Å². The van der Waals surface area contributed by atoms with Gasteiger partial charge in [0.1, 0.15) is 0 Å². The number of carbonyl (C=O) groups is 2. The average Bonchev–Trinajstić information content (AvgIpc) is 2.48. The third kappa shape index (κ3) is 4.56. The molecular formula is C16H21NO4. The van der Waals surface area contributed by atoms with Crippen molar-refractivity contribution in [3.05, 3.63) is 35.4 Å². The van der Waals surface area contributed by atoms with Crippen molar-refractivity contribution in [2.45, 2.75) is 19.3 Å². The maximum Gasteiger partial charge on any atom is 0.335 e. The summed E-state index contributed by atoms with van der Waals surface area (Å²) in [5.74, 6) is -0.571. The van der Waals surface area contributed by atoms with Crippen molar-refractivity contribution in [2.75, 3.05) is 26.8 Å². The Balaban J connectivity index is 1.90. The van der Waals surface area contributed by atoms with E-state index in [1.807, 2.05) is 0 Å². The van der Waals surface area contributed by atoms with E-state index in [1.165, 1.54) is 6.07 Å². The second kappa shape index (κ2) is 7.22. The zero-order chi connectivity index (χ0) is 15.2. The van der Waals surface area contributed by atoms with Crippen molar-refractivity contribution >= 4 is 11.9 Å². The maximum absolute atomic E-state index is 12.2. The number of likely N-dealkylation sites (N-methyl/N-ethyl adjacent to an activating group) is 1. The van der Waals surface area contributed by atoms with E-state index >= 15 is 0 Å². The standard InChI is InChI=1S/C16H21NO4/c1-17(10-13-5-3-7-21-11-13)15(18)9-12-4-2-6-14(8-12)16(19)20/h2,4,6,8,13H,3,5,7,9-11H2,1H3,(H,19,20). The summed E-state index contributed by atoms with van der Waals surface area (Å²) >= 11 is 0. The Kier molecular flexibility index (Phi) is 5.33. The number of aromatic carboxylic acids is 1. The number of benzene rings is 1. The monoisotopic (exact) mass is 291 g/mol. The average molecular weight is 291 g/mol. The minimum Gasteiger partial charge on any atom is -0.478 e. The first kappa shape index (κ1) is 15.5. The van der Waals surface area contributed by atoms with Crippen molar-refractivity contribution in [1.82, 2.24) is 4.90 Å². The SMILES string of the molecule is CN(CC1CCCOC1)C(=O)Cc1cccc(C(=O)O)c1. The van der Waals surface area contributed by atoms with Crippen LogP contribution >= 0.6 is 0 Å². The molecular weight excluding hydrogens is 270 g/mol. The zero-order valence-corrected chi connectivity index (χ0v) is 12.2. The van der Waals surface area contributed by atoms with Gasteiger partial charge in [-0.25, -0.2) is 4.79 Å². The first-order valence-electron chi connectivity index (χ1n) is 7.20. The number of hydrogen-bond acceptors (Lipinski definition) is 3. The quantitative estimate of drug-likeness (QED) is 0.898. The minimum absolute atomic E-state index is 0.00288. The second-order valence-corrected chi connectivity index (χ2v) is 5.54. The molecule has 5 heteroatoms. The van der Waals surface area contributed by atoms with E-state index < -0.39 is 5.97 Å². The predicted molar refractivity (Wildman–Crippen MR) is 78.3 cm³/mol. The third-order valence-corrected chi connectivity index (χ3v) is 3.74. The first-order chi connectivity index (χ1) is 10.1. The Hall–Kier alpha value is -1.88. The topological polar surface area (TPSA) is 66.8 Å². The largest absolute Gasteiger partial charge is 0.478 e. The van der Waals surface area contributed by atoms with E-state index in [9.17, 15) is 9.59 Å². The predicted octanol–water partition coefficient (Wildman–Crippen LogP) is 1.81. The molecule has 0 radical (unpaired) electrons. The number of nitrogens with zero attached hydrogens (tertiary/aromatic N) is 1. The highest BCUT2D eigenvalue weighted by Gasteiger charge is 2.19. The molecule has 114 valence electrons. The Labute approximate surface area is 124 Å². The summed E-state index contributed by atoms with van der Waals surface area (Å²) in [4.78, 5) is 24.8. The number of carbonyl (C=O) groups excluding carboxylic acids is 1. The summed E-state index contributed by atoms with van der Waals surface area (Å²) in [5, 5.41) is 8.96. The molecule has 1 aromatic carbocycles. The molecule has 1 aliphatic heterocycles.